The van der Waals surface area contributed by atoms with Gasteiger partial charge in [0.1, 0.15) is 0 Å². The van der Waals surface area contributed by atoms with Crippen LogP contribution in [-0.2, 0) is 6.54 Å². The van der Waals surface area contributed by atoms with Crippen LogP contribution in [0.1, 0.15) is 44.1 Å². The molecule has 4 saturated carbocycles. The highest BCUT2D eigenvalue weighted by Crippen LogP contribution is 2.63. The third-order valence-corrected chi connectivity index (χ3v) is 9.44. The minimum Gasteiger partial charge on any atom is -0.336 e. The fourth-order valence-corrected chi connectivity index (χ4v) is 8.30. The van der Waals surface area contributed by atoms with Crippen molar-refractivity contribution in [3.8, 4) is 0 Å². The molecule has 1 aromatic carbocycles. The van der Waals surface area contributed by atoms with E-state index in [-0.39, 0.29) is 0 Å². The number of benzene rings is 1. The van der Waals surface area contributed by atoms with Gasteiger partial charge in [-0.25, -0.2) is 4.98 Å². The van der Waals surface area contributed by atoms with Gasteiger partial charge in [0.2, 0.25) is 0 Å². The highest BCUT2D eigenvalue weighted by Gasteiger charge is 2.54. The van der Waals surface area contributed by atoms with Crippen LogP contribution in [0.25, 0.3) is 0 Å². The maximum absolute atomic E-state index is 4.30. The maximum Gasteiger partial charge on any atom is 0.0946 e. The fraction of sp³-hybridized carbons (Fsp3) is 0.591. The van der Waals surface area contributed by atoms with Crippen LogP contribution in [0.5, 0.6) is 0 Å². The first kappa shape index (κ1) is 17.4. The van der Waals surface area contributed by atoms with Gasteiger partial charge in [0.05, 0.1) is 6.33 Å². The van der Waals surface area contributed by atoms with Crippen molar-refractivity contribution in [2.24, 2.45) is 23.2 Å². The topological polar surface area (TPSA) is 17.8 Å². The lowest BCUT2D eigenvalue weighted by Gasteiger charge is -2.59. The van der Waals surface area contributed by atoms with Crippen molar-refractivity contribution in [1.82, 2.24) is 9.55 Å². The zero-order valence-corrected chi connectivity index (χ0v) is 17.8. The second-order valence-corrected chi connectivity index (χ2v) is 11.2. The second kappa shape index (κ2) is 6.70. The van der Waals surface area contributed by atoms with E-state index in [0.717, 1.165) is 24.3 Å². The maximum atomic E-state index is 4.30. The van der Waals surface area contributed by atoms with E-state index in [0.29, 0.717) is 10.7 Å². The van der Waals surface area contributed by atoms with Gasteiger partial charge in [-0.05, 0) is 86.3 Å². The van der Waals surface area contributed by atoms with Gasteiger partial charge in [-0.1, -0.05) is 22.0 Å². The molecule has 0 radical (unpaired) electrons. The van der Waals surface area contributed by atoms with Gasteiger partial charge in [0.25, 0.3) is 0 Å². The second-order valence-electron chi connectivity index (χ2n) is 9.06. The van der Waals surface area contributed by atoms with Gasteiger partial charge in [-0.2, -0.15) is 0 Å². The summed E-state index contributed by atoms with van der Waals surface area (Å²) in [6.07, 6.45) is 15.0. The van der Waals surface area contributed by atoms with Crippen molar-refractivity contribution in [2.45, 2.75) is 62.1 Å². The Balaban J connectivity index is 1.46. The molecule has 1 aromatic heterocycles. The normalized spacial score (nSPS) is 33.5. The number of nitrogens with zero attached hydrogens (tertiary/aromatic N) is 2. The molecule has 1 atom stereocenters. The van der Waals surface area contributed by atoms with Crippen molar-refractivity contribution in [2.75, 3.05) is 0 Å². The monoisotopic (exact) mass is 430 g/mol. The van der Waals surface area contributed by atoms with Crippen molar-refractivity contribution in [1.29, 1.82) is 0 Å². The summed E-state index contributed by atoms with van der Waals surface area (Å²) in [5, 5.41) is 0.639. The number of halogens is 1. The van der Waals surface area contributed by atoms with E-state index >= 15 is 0 Å². The van der Waals surface area contributed by atoms with E-state index in [4.69, 9.17) is 0 Å². The molecule has 4 aliphatic rings. The lowest BCUT2D eigenvalue weighted by Crippen LogP contribution is -2.51. The van der Waals surface area contributed by atoms with Gasteiger partial charge in [0.15, 0.2) is 0 Å². The molecule has 2 aromatic rings. The molecule has 2 nitrogen and oxygen atoms in total. The van der Waals surface area contributed by atoms with Crippen LogP contribution < -0.4 is 0 Å². The Labute approximate surface area is 169 Å². The zero-order valence-electron chi connectivity index (χ0n) is 15.4. The summed E-state index contributed by atoms with van der Waals surface area (Å²) < 4.78 is 3.54. The van der Waals surface area contributed by atoms with Gasteiger partial charge in [0, 0.05) is 33.6 Å². The number of thioether (sulfide) groups is 1. The third-order valence-electron chi connectivity index (χ3n) is 7.13. The third kappa shape index (κ3) is 3.17. The van der Waals surface area contributed by atoms with Crippen LogP contribution in [0.2, 0.25) is 0 Å². The first-order chi connectivity index (χ1) is 12.6. The molecule has 4 aliphatic carbocycles. The van der Waals surface area contributed by atoms with Crippen molar-refractivity contribution >= 4 is 27.7 Å². The predicted octanol–water partition coefficient (Wildman–Crippen LogP) is 6.33. The summed E-state index contributed by atoms with van der Waals surface area (Å²) in [6, 6.07) is 6.88. The van der Waals surface area contributed by atoms with Gasteiger partial charge >= 0.3 is 0 Å². The molecular formula is C22H27BrN2S. The van der Waals surface area contributed by atoms with E-state index in [9.17, 15) is 0 Å². The molecule has 4 bridgehead atoms. The number of imidazole rings is 1. The highest BCUT2D eigenvalue weighted by molar-refractivity contribution is 9.10. The van der Waals surface area contributed by atoms with Gasteiger partial charge in [-0.3, -0.25) is 0 Å². The minimum atomic E-state index is 0.529. The molecule has 1 heterocycles. The Kier molecular flexibility index (Phi) is 4.47. The molecule has 6 rings (SSSR count). The average Bonchev–Trinajstić information content (AvgIpc) is 3.09. The average molecular weight is 431 g/mol. The Morgan fingerprint density at radius 3 is 2.46 bits per heavy atom. The van der Waals surface area contributed by atoms with Crippen LogP contribution in [0.4, 0.5) is 0 Å². The first-order valence-corrected chi connectivity index (χ1v) is 11.7. The number of aromatic nitrogens is 2. The molecule has 0 spiro atoms. The zero-order chi connectivity index (χ0) is 17.7. The Bertz CT molecular complexity index is 750. The summed E-state index contributed by atoms with van der Waals surface area (Å²) >= 11 is 5.85. The summed E-state index contributed by atoms with van der Waals surface area (Å²) in [7, 11) is 0. The van der Waals surface area contributed by atoms with Gasteiger partial charge in [-0.15, -0.1) is 11.8 Å². The fourth-order valence-electron chi connectivity index (χ4n) is 6.33. The van der Waals surface area contributed by atoms with Gasteiger partial charge < -0.3 is 4.57 Å². The molecule has 1 unspecified atom stereocenters. The van der Waals surface area contributed by atoms with E-state index in [2.05, 4.69) is 68.6 Å². The van der Waals surface area contributed by atoms with E-state index in [1.807, 2.05) is 12.5 Å². The van der Waals surface area contributed by atoms with Crippen LogP contribution in [0.3, 0.4) is 0 Å². The van der Waals surface area contributed by atoms with Crippen molar-refractivity contribution < 1.29 is 0 Å². The smallest absolute Gasteiger partial charge is 0.0946 e. The predicted molar refractivity (Wildman–Crippen MR) is 111 cm³/mol. The quantitative estimate of drug-likeness (QED) is 0.515. The summed E-state index contributed by atoms with van der Waals surface area (Å²) in [4.78, 5) is 5.71. The Morgan fingerprint density at radius 1 is 1.19 bits per heavy atom. The van der Waals surface area contributed by atoms with Crippen LogP contribution in [-0.4, -0.2) is 14.8 Å². The minimum absolute atomic E-state index is 0.529. The number of hydrogen-bond donors (Lipinski definition) is 0. The summed E-state index contributed by atoms with van der Waals surface area (Å²) in [6.45, 7) is 3.25. The molecular weight excluding hydrogens is 404 g/mol. The lowest BCUT2D eigenvalue weighted by atomic mass is 9.48. The summed E-state index contributed by atoms with van der Waals surface area (Å²) in [5.74, 6) is 2.99. The van der Waals surface area contributed by atoms with E-state index in [1.165, 1.54) is 53.5 Å². The molecule has 0 N–H and O–H groups in total. The van der Waals surface area contributed by atoms with E-state index < -0.39 is 0 Å². The first-order valence-electron chi connectivity index (χ1n) is 9.98. The Hall–Kier alpha value is -0.740. The van der Waals surface area contributed by atoms with Crippen LogP contribution in [0.15, 0.2) is 46.3 Å². The number of aryl methyl sites for hydroxylation is 1. The van der Waals surface area contributed by atoms with E-state index in [1.54, 1.807) is 0 Å². The largest absolute Gasteiger partial charge is 0.336 e. The number of hydrogen-bond acceptors (Lipinski definition) is 2. The van der Waals surface area contributed by atoms with Crippen molar-refractivity contribution in [3.05, 3.63) is 47.0 Å². The highest BCUT2D eigenvalue weighted by atomic mass is 79.9. The lowest BCUT2D eigenvalue weighted by molar-refractivity contribution is -0.0553. The summed E-state index contributed by atoms with van der Waals surface area (Å²) in [5.41, 5.74) is 1.84. The molecule has 0 amide bonds. The van der Waals surface area contributed by atoms with Crippen molar-refractivity contribution in [3.63, 3.8) is 0 Å². The Morgan fingerprint density at radius 2 is 1.88 bits per heavy atom. The molecule has 0 saturated heterocycles. The van der Waals surface area contributed by atoms with Crippen LogP contribution in [0, 0.1) is 30.1 Å². The van der Waals surface area contributed by atoms with Crippen LogP contribution >= 0.6 is 27.7 Å². The standard InChI is InChI=1S/C22H27BrN2S/c1-15-2-3-19(9-20(15)23)26-21(13-25-5-4-24-14-25)22-10-16-6-17(11-22)8-18(7-16)12-22/h2-5,9,14,16-18,21H,6-8,10-13H2,1H3. The molecule has 26 heavy (non-hydrogen) atoms. The molecule has 0 aliphatic heterocycles. The number of rotatable bonds is 5. The SMILES string of the molecule is Cc1ccc(SC(Cn2ccnc2)C23CC4CC(CC(C4)C2)C3)cc1Br. The molecule has 4 fully saturated rings. The molecule has 138 valence electrons. The molecule has 4 heteroatoms.